The summed E-state index contributed by atoms with van der Waals surface area (Å²) in [7, 11) is -3.99. The highest BCUT2D eigenvalue weighted by Gasteiger charge is 2.33. The van der Waals surface area contributed by atoms with Crippen LogP contribution in [0.1, 0.15) is 24.5 Å². The van der Waals surface area contributed by atoms with Crippen LogP contribution in [0.2, 0.25) is 20.1 Å². The minimum Gasteiger partial charge on any atom is -0.354 e. The summed E-state index contributed by atoms with van der Waals surface area (Å²) in [5.41, 5.74) is 1.48. The van der Waals surface area contributed by atoms with Crippen molar-refractivity contribution in [2.24, 2.45) is 0 Å². The highest BCUT2D eigenvalue weighted by atomic mass is 35.5. The lowest BCUT2D eigenvalue weighted by Gasteiger charge is -2.33. The topological polar surface area (TPSA) is 86.8 Å². The van der Waals surface area contributed by atoms with Crippen molar-refractivity contribution < 1.29 is 18.0 Å². The Morgan fingerprint density at radius 2 is 1.57 bits per heavy atom. The molecule has 0 heterocycles. The minimum atomic E-state index is -3.99. The first-order chi connectivity index (χ1) is 18.9. The van der Waals surface area contributed by atoms with Crippen LogP contribution in [0.5, 0.6) is 0 Å². The zero-order valence-corrected chi connectivity index (χ0v) is 25.8. The number of nitrogens with zero attached hydrogens (tertiary/aromatic N) is 2. The summed E-state index contributed by atoms with van der Waals surface area (Å²) in [4.78, 5) is 28.9. The molecular formula is C28H29Cl4N3O4S. The second-order valence-electron chi connectivity index (χ2n) is 9.11. The van der Waals surface area contributed by atoms with E-state index in [1.54, 1.807) is 18.2 Å². The van der Waals surface area contributed by atoms with Crippen LogP contribution in [0.3, 0.4) is 0 Å². The summed E-state index contributed by atoms with van der Waals surface area (Å²) in [6, 6.07) is 17.7. The molecule has 214 valence electrons. The Kier molecular flexibility index (Phi) is 11.5. The maximum absolute atomic E-state index is 14.0. The average Bonchev–Trinajstić information content (AvgIpc) is 2.91. The third-order valence-corrected chi connectivity index (χ3v) is 8.71. The second kappa shape index (κ2) is 14.4. The van der Waals surface area contributed by atoms with E-state index in [1.165, 1.54) is 23.1 Å². The number of halogens is 4. The molecule has 3 rings (SSSR count). The van der Waals surface area contributed by atoms with Gasteiger partial charge in [0.1, 0.15) is 12.6 Å². The molecule has 0 aliphatic heterocycles. The first kappa shape index (κ1) is 32.0. The number of carbonyl (C=O) groups is 2. The molecule has 7 nitrogen and oxygen atoms in total. The normalized spacial score (nSPS) is 12.1. The number of carbonyl (C=O) groups excluding carboxylic acids is 2. The lowest BCUT2D eigenvalue weighted by atomic mass is 10.0. The number of sulfonamides is 1. The van der Waals surface area contributed by atoms with E-state index in [9.17, 15) is 18.0 Å². The third kappa shape index (κ3) is 8.51. The van der Waals surface area contributed by atoms with Gasteiger partial charge >= 0.3 is 0 Å². The first-order valence-electron chi connectivity index (χ1n) is 12.4. The van der Waals surface area contributed by atoms with Gasteiger partial charge in [-0.25, -0.2) is 8.42 Å². The molecule has 0 aliphatic rings. The molecule has 0 fully saturated rings. The van der Waals surface area contributed by atoms with E-state index < -0.39 is 28.5 Å². The van der Waals surface area contributed by atoms with Crippen LogP contribution < -0.4 is 9.62 Å². The van der Waals surface area contributed by atoms with Crippen molar-refractivity contribution in [3.05, 3.63) is 97.9 Å². The Morgan fingerprint density at radius 3 is 2.20 bits per heavy atom. The molecule has 0 aliphatic carbocycles. The van der Waals surface area contributed by atoms with Crippen LogP contribution in [0.4, 0.5) is 5.69 Å². The molecule has 1 atom stereocenters. The van der Waals surface area contributed by atoms with Gasteiger partial charge in [0, 0.05) is 19.5 Å². The van der Waals surface area contributed by atoms with Gasteiger partial charge in [0.05, 0.1) is 32.0 Å². The van der Waals surface area contributed by atoms with E-state index in [0.29, 0.717) is 23.6 Å². The van der Waals surface area contributed by atoms with Gasteiger partial charge < -0.3 is 10.2 Å². The predicted molar refractivity (Wildman–Crippen MR) is 163 cm³/mol. The SMILES string of the molecule is CCCNC(=O)[C@@H](Cc1ccccc1)N(Cc1ccc(Cl)c(Cl)c1)C(=O)CN(c1cccc(Cl)c1Cl)S(C)(=O)=O. The zero-order chi connectivity index (χ0) is 29.4. The Balaban J connectivity index is 2.09. The first-order valence-corrected chi connectivity index (χ1v) is 15.7. The fraction of sp³-hybridized carbons (Fsp3) is 0.286. The van der Waals surface area contributed by atoms with Gasteiger partial charge in [-0.15, -0.1) is 0 Å². The summed E-state index contributed by atoms with van der Waals surface area (Å²) in [5, 5.41) is 3.61. The van der Waals surface area contributed by atoms with Crippen LogP contribution in [-0.2, 0) is 32.6 Å². The summed E-state index contributed by atoms with van der Waals surface area (Å²) < 4.78 is 26.6. The number of amides is 2. The van der Waals surface area contributed by atoms with E-state index >= 15 is 0 Å². The number of benzene rings is 3. The fourth-order valence-corrected chi connectivity index (χ4v) is 5.66. The van der Waals surface area contributed by atoms with E-state index in [-0.39, 0.29) is 39.6 Å². The molecule has 40 heavy (non-hydrogen) atoms. The molecule has 0 aromatic heterocycles. The van der Waals surface area contributed by atoms with Crippen molar-refractivity contribution in [1.82, 2.24) is 10.2 Å². The van der Waals surface area contributed by atoms with Gasteiger partial charge in [0.2, 0.25) is 21.8 Å². The number of hydrogen-bond donors (Lipinski definition) is 1. The van der Waals surface area contributed by atoms with Gasteiger partial charge in [0.25, 0.3) is 0 Å². The molecule has 0 spiro atoms. The highest BCUT2D eigenvalue weighted by molar-refractivity contribution is 7.92. The van der Waals surface area contributed by atoms with Gasteiger partial charge in [-0.2, -0.15) is 0 Å². The predicted octanol–water partition coefficient (Wildman–Crippen LogP) is 6.23. The maximum Gasteiger partial charge on any atom is 0.244 e. The minimum absolute atomic E-state index is 0.0139. The molecule has 3 aromatic rings. The summed E-state index contributed by atoms with van der Waals surface area (Å²) in [6.45, 7) is 1.68. The van der Waals surface area contributed by atoms with E-state index in [1.807, 2.05) is 37.3 Å². The number of anilines is 1. The summed E-state index contributed by atoms with van der Waals surface area (Å²) in [5.74, 6) is -0.995. The van der Waals surface area contributed by atoms with Crippen LogP contribution in [0.25, 0.3) is 0 Å². The smallest absolute Gasteiger partial charge is 0.244 e. The Labute approximate surface area is 255 Å². The van der Waals surface area contributed by atoms with Crippen LogP contribution in [0, 0.1) is 0 Å². The van der Waals surface area contributed by atoms with Crippen LogP contribution in [0.15, 0.2) is 66.7 Å². The lowest BCUT2D eigenvalue weighted by molar-refractivity contribution is -0.140. The quantitative estimate of drug-likeness (QED) is 0.253. The largest absolute Gasteiger partial charge is 0.354 e. The Hall–Kier alpha value is -2.49. The van der Waals surface area contributed by atoms with Crippen molar-refractivity contribution in [3.63, 3.8) is 0 Å². The van der Waals surface area contributed by atoms with Crippen molar-refractivity contribution in [2.75, 3.05) is 23.7 Å². The number of hydrogen-bond acceptors (Lipinski definition) is 4. The summed E-state index contributed by atoms with van der Waals surface area (Å²) >= 11 is 24.8. The second-order valence-corrected chi connectivity index (χ2v) is 12.6. The molecule has 0 saturated heterocycles. The molecule has 2 amide bonds. The lowest BCUT2D eigenvalue weighted by Crippen LogP contribution is -2.53. The van der Waals surface area contributed by atoms with Gasteiger partial charge in [-0.05, 0) is 41.8 Å². The van der Waals surface area contributed by atoms with Crippen molar-refractivity contribution in [3.8, 4) is 0 Å². The molecule has 3 aromatic carbocycles. The average molecular weight is 645 g/mol. The summed E-state index contributed by atoms with van der Waals surface area (Å²) in [6.07, 6.45) is 1.86. The van der Waals surface area contributed by atoms with Crippen LogP contribution in [-0.4, -0.2) is 50.5 Å². The fourth-order valence-electron chi connectivity index (χ4n) is 4.03. The van der Waals surface area contributed by atoms with Crippen LogP contribution >= 0.6 is 46.4 Å². The highest BCUT2D eigenvalue weighted by Crippen LogP contribution is 2.34. The molecule has 12 heteroatoms. The standard InChI is InChI=1S/C28H29Cl4N3O4S/c1-3-14-33-28(37)25(16-19-8-5-4-6-9-19)34(17-20-12-13-21(29)23(31)15-20)26(36)18-35(40(2,38)39)24-11-7-10-22(30)27(24)32/h4-13,15,25H,3,14,16-18H2,1-2H3,(H,33,37)/t25-/m1/s1. The zero-order valence-electron chi connectivity index (χ0n) is 21.9. The third-order valence-electron chi connectivity index (χ3n) is 6.04. The van der Waals surface area contributed by atoms with Crippen molar-refractivity contribution in [1.29, 1.82) is 0 Å². The molecule has 0 radical (unpaired) electrons. The van der Waals surface area contributed by atoms with E-state index in [4.69, 9.17) is 46.4 Å². The maximum atomic E-state index is 14.0. The number of nitrogens with one attached hydrogen (secondary N) is 1. The van der Waals surface area contributed by atoms with Gasteiger partial charge in [0.15, 0.2) is 0 Å². The van der Waals surface area contributed by atoms with Crippen molar-refractivity contribution >= 4 is 73.9 Å². The van der Waals surface area contributed by atoms with Crippen molar-refractivity contribution in [2.45, 2.75) is 32.4 Å². The van der Waals surface area contributed by atoms with E-state index in [2.05, 4.69) is 5.32 Å². The van der Waals surface area contributed by atoms with Gasteiger partial charge in [-0.1, -0.05) is 95.8 Å². The molecule has 0 unspecified atom stereocenters. The Morgan fingerprint density at radius 1 is 0.875 bits per heavy atom. The molecular weight excluding hydrogens is 616 g/mol. The van der Waals surface area contributed by atoms with Gasteiger partial charge in [-0.3, -0.25) is 13.9 Å². The molecule has 1 N–H and O–H groups in total. The Bertz CT molecular complexity index is 1460. The molecule has 0 saturated carbocycles. The monoisotopic (exact) mass is 643 g/mol. The number of rotatable bonds is 12. The molecule has 0 bridgehead atoms. The van der Waals surface area contributed by atoms with E-state index in [0.717, 1.165) is 16.1 Å².